The second-order valence-electron chi connectivity index (χ2n) is 4.64. The highest BCUT2D eigenvalue weighted by atomic mass is 79.9. The van der Waals surface area contributed by atoms with Gasteiger partial charge in [0.05, 0.1) is 12.5 Å². The molecule has 0 aliphatic heterocycles. The lowest BCUT2D eigenvalue weighted by atomic mass is 10.0. The summed E-state index contributed by atoms with van der Waals surface area (Å²) in [6, 6.07) is 5.72. The molecule has 21 heavy (non-hydrogen) atoms. The van der Waals surface area contributed by atoms with Gasteiger partial charge in [-0.3, -0.25) is 14.4 Å². The lowest BCUT2D eigenvalue weighted by Crippen LogP contribution is -2.40. The van der Waals surface area contributed by atoms with Gasteiger partial charge >= 0.3 is 5.97 Å². The van der Waals surface area contributed by atoms with Gasteiger partial charge in [-0.1, -0.05) is 28.1 Å². The van der Waals surface area contributed by atoms with E-state index in [0.717, 1.165) is 10.0 Å². The number of hydrogen-bond donors (Lipinski definition) is 3. The SMILES string of the molecule is CC(=O)NC(CC(=O)N[C@H](C)C(=O)O)c1ccc(Br)cc1. The molecule has 0 saturated heterocycles. The lowest BCUT2D eigenvalue weighted by molar-refractivity contribution is -0.141. The van der Waals surface area contributed by atoms with Gasteiger partial charge in [0.15, 0.2) is 0 Å². The molecule has 1 rings (SSSR count). The molecule has 0 aromatic heterocycles. The Balaban J connectivity index is 2.79. The summed E-state index contributed by atoms with van der Waals surface area (Å²) < 4.78 is 0.886. The topological polar surface area (TPSA) is 95.5 Å². The molecule has 3 N–H and O–H groups in total. The summed E-state index contributed by atoms with van der Waals surface area (Å²) in [5.41, 5.74) is 0.770. The summed E-state index contributed by atoms with van der Waals surface area (Å²) >= 11 is 3.31. The van der Waals surface area contributed by atoms with Gasteiger partial charge < -0.3 is 15.7 Å². The third-order valence-electron chi connectivity index (χ3n) is 2.79. The second kappa shape index (κ2) is 7.78. The molecule has 0 aliphatic carbocycles. The molecule has 6 nitrogen and oxygen atoms in total. The van der Waals surface area contributed by atoms with E-state index in [1.165, 1.54) is 13.8 Å². The molecule has 114 valence electrons. The first-order valence-corrected chi connectivity index (χ1v) is 7.13. The average Bonchev–Trinajstić information content (AvgIpc) is 2.38. The molecule has 0 fully saturated rings. The normalized spacial score (nSPS) is 13.1. The number of amides is 2. The van der Waals surface area contributed by atoms with Crippen molar-refractivity contribution in [3.63, 3.8) is 0 Å². The number of carboxylic acid groups (broad SMARTS) is 1. The van der Waals surface area contributed by atoms with Crippen LogP contribution in [0.4, 0.5) is 0 Å². The predicted octanol–water partition coefficient (Wildman–Crippen LogP) is 1.61. The van der Waals surface area contributed by atoms with Gasteiger partial charge in [-0.15, -0.1) is 0 Å². The Labute approximate surface area is 131 Å². The number of benzene rings is 1. The maximum Gasteiger partial charge on any atom is 0.325 e. The van der Waals surface area contributed by atoms with Gasteiger partial charge in [-0.25, -0.2) is 0 Å². The van der Waals surface area contributed by atoms with Crippen LogP contribution in [0.15, 0.2) is 28.7 Å². The zero-order chi connectivity index (χ0) is 16.0. The predicted molar refractivity (Wildman–Crippen MR) is 80.6 cm³/mol. The Kier molecular flexibility index (Phi) is 6.36. The number of carbonyl (C=O) groups is 3. The summed E-state index contributed by atoms with van der Waals surface area (Å²) in [4.78, 5) is 33.8. The maximum absolute atomic E-state index is 11.9. The minimum atomic E-state index is -1.11. The van der Waals surface area contributed by atoms with Crippen LogP contribution in [0.3, 0.4) is 0 Å². The Morgan fingerprint density at radius 2 is 1.76 bits per heavy atom. The number of carboxylic acids is 1. The molecular formula is C14H17BrN2O4. The maximum atomic E-state index is 11.9. The highest BCUT2D eigenvalue weighted by Crippen LogP contribution is 2.19. The van der Waals surface area contributed by atoms with Crippen molar-refractivity contribution in [2.24, 2.45) is 0 Å². The van der Waals surface area contributed by atoms with Crippen LogP contribution in [-0.2, 0) is 14.4 Å². The molecule has 2 atom stereocenters. The Bertz CT molecular complexity index is 530. The van der Waals surface area contributed by atoms with Crippen molar-refractivity contribution in [2.75, 3.05) is 0 Å². The molecule has 0 spiro atoms. The molecule has 1 aromatic carbocycles. The molecule has 0 radical (unpaired) electrons. The van der Waals surface area contributed by atoms with Crippen LogP contribution in [-0.4, -0.2) is 28.9 Å². The number of aliphatic carboxylic acids is 1. The van der Waals surface area contributed by atoms with E-state index in [0.29, 0.717) is 0 Å². The lowest BCUT2D eigenvalue weighted by Gasteiger charge is -2.19. The van der Waals surface area contributed by atoms with E-state index in [9.17, 15) is 14.4 Å². The van der Waals surface area contributed by atoms with Gasteiger partial charge in [0.25, 0.3) is 0 Å². The minimum Gasteiger partial charge on any atom is -0.480 e. The summed E-state index contributed by atoms with van der Waals surface area (Å²) in [5, 5.41) is 13.8. The van der Waals surface area contributed by atoms with Crippen molar-refractivity contribution in [2.45, 2.75) is 32.4 Å². The number of nitrogens with one attached hydrogen (secondary N) is 2. The summed E-state index contributed by atoms with van der Waals surface area (Å²) in [5.74, 6) is -1.81. The molecule has 0 saturated carbocycles. The molecule has 2 amide bonds. The zero-order valence-electron chi connectivity index (χ0n) is 11.7. The van der Waals surface area contributed by atoms with E-state index in [1.54, 1.807) is 12.1 Å². The second-order valence-corrected chi connectivity index (χ2v) is 5.55. The van der Waals surface area contributed by atoms with Crippen LogP contribution >= 0.6 is 15.9 Å². The van der Waals surface area contributed by atoms with Crippen LogP contribution in [0.25, 0.3) is 0 Å². The van der Waals surface area contributed by atoms with Crippen LogP contribution in [0.1, 0.15) is 31.9 Å². The van der Waals surface area contributed by atoms with E-state index >= 15 is 0 Å². The highest BCUT2D eigenvalue weighted by Gasteiger charge is 2.20. The van der Waals surface area contributed by atoms with E-state index in [4.69, 9.17) is 5.11 Å². The van der Waals surface area contributed by atoms with Crippen molar-refractivity contribution >= 4 is 33.7 Å². The van der Waals surface area contributed by atoms with Gasteiger partial charge in [0, 0.05) is 11.4 Å². The number of halogens is 1. The highest BCUT2D eigenvalue weighted by molar-refractivity contribution is 9.10. The van der Waals surface area contributed by atoms with Gasteiger partial charge in [0.2, 0.25) is 11.8 Å². The average molecular weight is 357 g/mol. The molecule has 0 bridgehead atoms. The van der Waals surface area contributed by atoms with Crippen molar-refractivity contribution in [3.8, 4) is 0 Å². The molecule has 0 aliphatic rings. The van der Waals surface area contributed by atoms with E-state index < -0.39 is 24.0 Å². The number of carbonyl (C=O) groups excluding carboxylic acids is 2. The van der Waals surface area contributed by atoms with Crippen LogP contribution in [0.2, 0.25) is 0 Å². The smallest absolute Gasteiger partial charge is 0.325 e. The third kappa shape index (κ3) is 5.95. The first-order valence-electron chi connectivity index (χ1n) is 6.34. The van der Waals surface area contributed by atoms with Gasteiger partial charge in [-0.05, 0) is 24.6 Å². The van der Waals surface area contributed by atoms with Crippen LogP contribution in [0, 0.1) is 0 Å². The third-order valence-corrected chi connectivity index (χ3v) is 3.32. The van der Waals surface area contributed by atoms with Gasteiger partial charge in [-0.2, -0.15) is 0 Å². The fourth-order valence-electron chi connectivity index (χ4n) is 1.74. The van der Waals surface area contributed by atoms with Crippen molar-refractivity contribution in [1.29, 1.82) is 0 Å². The molecule has 1 unspecified atom stereocenters. The summed E-state index contributed by atoms with van der Waals surface area (Å²) in [6.07, 6.45) is -0.0289. The van der Waals surface area contributed by atoms with Crippen LogP contribution < -0.4 is 10.6 Å². The van der Waals surface area contributed by atoms with Gasteiger partial charge in [0.1, 0.15) is 6.04 Å². The minimum absolute atomic E-state index is 0.0289. The van der Waals surface area contributed by atoms with Crippen molar-refractivity contribution < 1.29 is 19.5 Å². The fourth-order valence-corrected chi connectivity index (χ4v) is 2.00. The molecule has 0 heterocycles. The van der Waals surface area contributed by atoms with Crippen LogP contribution in [0.5, 0.6) is 0 Å². The molecule has 1 aromatic rings. The van der Waals surface area contributed by atoms with Crippen molar-refractivity contribution in [3.05, 3.63) is 34.3 Å². The largest absolute Gasteiger partial charge is 0.480 e. The Morgan fingerprint density at radius 1 is 1.19 bits per heavy atom. The standard InChI is InChI=1S/C14H17BrN2O4/c1-8(14(20)21)16-13(19)7-12(17-9(2)18)10-3-5-11(15)6-4-10/h3-6,8,12H,7H2,1-2H3,(H,16,19)(H,17,18)(H,20,21)/t8-,12?/m1/s1. The summed E-state index contributed by atoms with van der Waals surface area (Å²) in [7, 11) is 0. The monoisotopic (exact) mass is 356 g/mol. The Hall–Kier alpha value is -1.89. The zero-order valence-corrected chi connectivity index (χ0v) is 13.3. The first kappa shape index (κ1) is 17.2. The Morgan fingerprint density at radius 3 is 2.24 bits per heavy atom. The molecule has 7 heteroatoms. The van der Waals surface area contributed by atoms with E-state index in [1.807, 2.05) is 12.1 Å². The molecular weight excluding hydrogens is 340 g/mol. The first-order chi connectivity index (χ1) is 9.79. The summed E-state index contributed by atoms with van der Waals surface area (Å²) in [6.45, 7) is 2.75. The van der Waals surface area contributed by atoms with E-state index in [-0.39, 0.29) is 12.3 Å². The quantitative estimate of drug-likeness (QED) is 0.721. The number of hydrogen-bond acceptors (Lipinski definition) is 3. The van der Waals surface area contributed by atoms with Crippen molar-refractivity contribution in [1.82, 2.24) is 10.6 Å². The number of rotatable bonds is 6. The fraction of sp³-hybridized carbons (Fsp3) is 0.357. The van der Waals surface area contributed by atoms with E-state index in [2.05, 4.69) is 26.6 Å².